The number of nitrogens with one attached hydrogen (secondary N) is 1. The second-order valence-electron chi connectivity index (χ2n) is 5.44. The van der Waals surface area contributed by atoms with Crippen LogP contribution in [-0.4, -0.2) is 18.0 Å². The molecule has 6 heteroatoms. The summed E-state index contributed by atoms with van der Waals surface area (Å²) >= 11 is 0. The van der Waals surface area contributed by atoms with Crippen LogP contribution < -0.4 is 5.32 Å². The van der Waals surface area contributed by atoms with Crippen molar-refractivity contribution in [2.24, 2.45) is 0 Å². The molecule has 4 nitrogen and oxygen atoms in total. The van der Waals surface area contributed by atoms with Gasteiger partial charge < -0.3 is 10.1 Å². The van der Waals surface area contributed by atoms with Crippen molar-refractivity contribution in [1.82, 2.24) is 0 Å². The molecule has 0 aliphatic carbocycles. The van der Waals surface area contributed by atoms with E-state index in [0.717, 1.165) is 23.3 Å². The molecule has 0 radical (unpaired) electrons. The molecule has 0 saturated carbocycles. The molecule has 2 aromatic carbocycles. The maximum atomic E-state index is 13.1. The van der Waals surface area contributed by atoms with Gasteiger partial charge in [0.05, 0.1) is 0 Å². The van der Waals surface area contributed by atoms with Crippen molar-refractivity contribution < 1.29 is 23.1 Å². The lowest BCUT2D eigenvalue weighted by Crippen LogP contribution is -2.29. The first kappa shape index (κ1) is 18.3. The Labute approximate surface area is 144 Å². The summed E-state index contributed by atoms with van der Waals surface area (Å²) in [5, 5.41) is 2.35. The fraction of sp³-hybridized carbons (Fsp3) is 0.158. The Morgan fingerprint density at radius 3 is 2.40 bits per heavy atom. The summed E-state index contributed by atoms with van der Waals surface area (Å²) in [5.74, 6) is -3.43. The lowest BCUT2D eigenvalue weighted by atomic mass is 10.1. The number of rotatable bonds is 5. The van der Waals surface area contributed by atoms with E-state index in [1.807, 2.05) is 31.2 Å². The Morgan fingerprint density at radius 2 is 1.76 bits per heavy atom. The molecule has 0 aliphatic rings. The van der Waals surface area contributed by atoms with Crippen molar-refractivity contribution in [2.75, 3.05) is 5.32 Å². The van der Waals surface area contributed by atoms with Crippen LogP contribution in [-0.2, 0) is 14.3 Å². The van der Waals surface area contributed by atoms with Gasteiger partial charge in [-0.15, -0.1) is 0 Å². The first-order valence-electron chi connectivity index (χ1n) is 7.56. The number of amides is 1. The third-order valence-corrected chi connectivity index (χ3v) is 3.34. The number of anilines is 1. The topological polar surface area (TPSA) is 55.4 Å². The van der Waals surface area contributed by atoms with Gasteiger partial charge in [0, 0.05) is 17.8 Å². The Morgan fingerprint density at radius 1 is 1.08 bits per heavy atom. The summed E-state index contributed by atoms with van der Waals surface area (Å²) in [6.07, 6.45) is 1.69. The van der Waals surface area contributed by atoms with Gasteiger partial charge in [0.2, 0.25) is 0 Å². The third-order valence-electron chi connectivity index (χ3n) is 3.34. The van der Waals surface area contributed by atoms with Crippen LogP contribution in [0.25, 0.3) is 6.08 Å². The SMILES string of the molecule is Cc1ccc(/C=C/C(=O)O[C@H](C)C(=O)Nc2ccc(F)c(F)c2)cc1. The molecular formula is C19H17F2NO3. The standard InChI is InChI=1S/C19H17F2NO3/c1-12-3-5-14(6-4-12)7-10-18(23)25-13(2)19(24)22-15-8-9-16(20)17(21)11-15/h3-11,13H,1-2H3,(H,22,24)/b10-7+/t13-/m1/s1. The van der Waals surface area contributed by atoms with Gasteiger partial charge in [-0.25, -0.2) is 13.6 Å². The quantitative estimate of drug-likeness (QED) is 0.661. The summed E-state index contributed by atoms with van der Waals surface area (Å²) in [7, 11) is 0. The van der Waals surface area contributed by atoms with Crippen molar-refractivity contribution in [1.29, 1.82) is 0 Å². The van der Waals surface area contributed by atoms with Crippen LogP contribution in [0.3, 0.4) is 0 Å². The van der Waals surface area contributed by atoms with Gasteiger partial charge in [0.1, 0.15) is 0 Å². The van der Waals surface area contributed by atoms with Crippen LogP contribution in [0.15, 0.2) is 48.5 Å². The highest BCUT2D eigenvalue weighted by molar-refractivity contribution is 5.96. The molecule has 25 heavy (non-hydrogen) atoms. The number of hydrogen-bond donors (Lipinski definition) is 1. The monoisotopic (exact) mass is 345 g/mol. The van der Waals surface area contributed by atoms with Crippen molar-refractivity contribution in [2.45, 2.75) is 20.0 Å². The van der Waals surface area contributed by atoms with E-state index >= 15 is 0 Å². The smallest absolute Gasteiger partial charge is 0.331 e. The first-order valence-corrected chi connectivity index (χ1v) is 7.56. The van der Waals surface area contributed by atoms with Crippen LogP contribution in [0.2, 0.25) is 0 Å². The molecular weight excluding hydrogens is 328 g/mol. The van der Waals surface area contributed by atoms with Crippen LogP contribution in [0.4, 0.5) is 14.5 Å². The van der Waals surface area contributed by atoms with E-state index in [2.05, 4.69) is 5.32 Å². The van der Waals surface area contributed by atoms with E-state index in [1.54, 1.807) is 6.08 Å². The van der Waals surface area contributed by atoms with E-state index in [1.165, 1.54) is 19.1 Å². The van der Waals surface area contributed by atoms with Crippen LogP contribution in [0.1, 0.15) is 18.1 Å². The summed E-state index contributed by atoms with van der Waals surface area (Å²) in [6, 6.07) is 10.5. The molecule has 2 rings (SSSR count). The summed E-state index contributed by atoms with van der Waals surface area (Å²) < 4.78 is 30.9. The predicted molar refractivity (Wildman–Crippen MR) is 90.8 cm³/mol. The van der Waals surface area contributed by atoms with E-state index in [9.17, 15) is 18.4 Å². The average molecular weight is 345 g/mol. The zero-order valence-electron chi connectivity index (χ0n) is 13.8. The second kappa shape index (κ2) is 8.19. The van der Waals surface area contributed by atoms with Crippen molar-refractivity contribution in [3.8, 4) is 0 Å². The van der Waals surface area contributed by atoms with Crippen LogP contribution >= 0.6 is 0 Å². The Balaban J connectivity index is 1.90. The maximum absolute atomic E-state index is 13.1. The van der Waals surface area contributed by atoms with Gasteiger partial charge in [-0.1, -0.05) is 29.8 Å². The number of benzene rings is 2. The normalized spacial score (nSPS) is 12.0. The molecule has 0 fully saturated rings. The minimum atomic E-state index is -1.09. The zero-order valence-corrected chi connectivity index (χ0v) is 13.8. The molecule has 0 aromatic heterocycles. The number of carbonyl (C=O) groups excluding carboxylic acids is 2. The highest BCUT2D eigenvalue weighted by Crippen LogP contribution is 2.13. The van der Waals surface area contributed by atoms with Crippen LogP contribution in [0, 0.1) is 18.6 Å². The fourth-order valence-corrected chi connectivity index (χ4v) is 1.93. The number of carbonyl (C=O) groups is 2. The largest absolute Gasteiger partial charge is 0.449 e. The number of hydrogen-bond acceptors (Lipinski definition) is 3. The molecule has 2 aromatic rings. The summed E-state index contributed by atoms with van der Waals surface area (Å²) in [5.41, 5.74) is 1.99. The van der Waals surface area contributed by atoms with E-state index in [0.29, 0.717) is 0 Å². The predicted octanol–water partition coefficient (Wildman–Crippen LogP) is 3.86. The third kappa shape index (κ3) is 5.53. The molecule has 0 spiro atoms. The van der Waals surface area contributed by atoms with Crippen molar-refractivity contribution in [3.05, 3.63) is 71.3 Å². The Kier molecular flexibility index (Phi) is 6.00. The van der Waals surface area contributed by atoms with Crippen LogP contribution in [0.5, 0.6) is 0 Å². The minimum absolute atomic E-state index is 0.0713. The molecule has 1 N–H and O–H groups in total. The van der Waals surface area contributed by atoms with Crippen molar-refractivity contribution in [3.63, 3.8) is 0 Å². The summed E-state index contributed by atoms with van der Waals surface area (Å²) in [4.78, 5) is 23.7. The Bertz CT molecular complexity index is 801. The molecule has 1 amide bonds. The molecule has 1 atom stereocenters. The van der Waals surface area contributed by atoms with Gasteiger partial charge in [-0.2, -0.15) is 0 Å². The van der Waals surface area contributed by atoms with Gasteiger partial charge >= 0.3 is 5.97 Å². The maximum Gasteiger partial charge on any atom is 0.331 e. The minimum Gasteiger partial charge on any atom is -0.449 e. The van der Waals surface area contributed by atoms with Crippen molar-refractivity contribution >= 4 is 23.6 Å². The molecule has 0 aliphatic heterocycles. The summed E-state index contributed by atoms with van der Waals surface area (Å²) in [6.45, 7) is 3.34. The second-order valence-corrected chi connectivity index (χ2v) is 5.44. The molecule has 0 heterocycles. The molecule has 0 bridgehead atoms. The number of esters is 1. The van der Waals surface area contributed by atoms with E-state index < -0.39 is 29.6 Å². The van der Waals surface area contributed by atoms with Gasteiger partial charge in [-0.3, -0.25) is 4.79 Å². The molecule has 130 valence electrons. The lowest BCUT2D eigenvalue weighted by molar-refractivity contribution is -0.148. The lowest BCUT2D eigenvalue weighted by Gasteiger charge is -2.12. The zero-order chi connectivity index (χ0) is 18.4. The highest BCUT2D eigenvalue weighted by Gasteiger charge is 2.17. The number of halogens is 2. The van der Waals surface area contributed by atoms with E-state index in [4.69, 9.17) is 4.74 Å². The molecule has 0 unspecified atom stereocenters. The molecule has 0 saturated heterocycles. The average Bonchev–Trinajstić information content (AvgIpc) is 2.57. The van der Waals surface area contributed by atoms with E-state index in [-0.39, 0.29) is 5.69 Å². The van der Waals surface area contributed by atoms with Gasteiger partial charge in [0.25, 0.3) is 5.91 Å². The van der Waals surface area contributed by atoms with Gasteiger partial charge in [0.15, 0.2) is 17.7 Å². The van der Waals surface area contributed by atoms with Gasteiger partial charge in [-0.05, 0) is 37.6 Å². The Hall–Kier alpha value is -3.02. The number of ether oxygens (including phenoxy) is 1. The fourth-order valence-electron chi connectivity index (χ4n) is 1.93. The highest BCUT2D eigenvalue weighted by atomic mass is 19.2. The first-order chi connectivity index (χ1) is 11.8. The number of aryl methyl sites for hydroxylation is 1.